The van der Waals surface area contributed by atoms with Crippen LogP contribution in [0.5, 0.6) is 5.75 Å². The smallest absolute Gasteiger partial charge is 0.416 e. The first-order valence-corrected chi connectivity index (χ1v) is 6.43. The summed E-state index contributed by atoms with van der Waals surface area (Å²) in [5.74, 6) is -1.90. The van der Waals surface area contributed by atoms with Crippen LogP contribution < -0.4 is 4.74 Å². The van der Waals surface area contributed by atoms with Crippen LogP contribution in [0.25, 0.3) is 21.9 Å². The van der Waals surface area contributed by atoms with Crippen molar-refractivity contribution in [3.63, 3.8) is 0 Å². The summed E-state index contributed by atoms with van der Waals surface area (Å²) in [5.41, 5.74) is -1.84. The van der Waals surface area contributed by atoms with Crippen molar-refractivity contribution in [2.75, 3.05) is 0 Å². The topological polar surface area (TPSA) is 59.7 Å². The van der Waals surface area contributed by atoms with Gasteiger partial charge < -0.3 is 14.3 Å². The maximum Gasteiger partial charge on any atom is 0.416 e. The molecule has 0 aliphatic carbocycles. The summed E-state index contributed by atoms with van der Waals surface area (Å²) in [7, 11) is 0. The van der Waals surface area contributed by atoms with Gasteiger partial charge in [0.1, 0.15) is 5.58 Å². The first-order valence-electron chi connectivity index (χ1n) is 6.43. The van der Waals surface area contributed by atoms with Crippen molar-refractivity contribution in [1.82, 2.24) is 0 Å². The van der Waals surface area contributed by atoms with Gasteiger partial charge in [-0.2, -0.15) is 22.0 Å². The Kier molecular flexibility index (Phi) is 3.58. The number of furan rings is 1. The van der Waals surface area contributed by atoms with E-state index in [0.717, 1.165) is 24.3 Å². The number of aromatic carboxylic acids is 1. The first-order chi connectivity index (χ1) is 11.2. The number of carboxylic acids is 1. The minimum Gasteiger partial charge on any atom is -0.478 e. The molecular weight excluding hydrogens is 339 g/mol. The van der Waals surface area contributed by atoms with Gasteiger partial charge >= 0.3 is 18.8 Å². The van der Waals surface area contributed by atoms with Crippen molar-refractivity contribution < 1.29 is 41.0 Å². The van der Waals surface area contributed by atoms with Crippen LogP contribution in [0.15, 0.2) is 34.7 Å². The number of benzene rings is 2. The Labute approximate surface area is 130 Å². The van der Waals surface area contributed by atoms with Gasteiger partial charge in [0.15, 0.2) is 11.3 Å². The van der Waals surface area contributed by atoms with Crippen LogP contribution in [0, 0.1) is 0 Å². The summed E-state index contributed by atoms with van der Waals surface area (Å²) < 4.78 is 73.0. The molecule has 24 heavy (non-hydrogen) atoms. The molecule has 0 unspecified atom stereocenters. The van der Waals surface area contributed by atoms with Crippen molar-refractivity contribution in [3.05, 3.63) is 41.5 Å². The maximum absolute atomic E-state index is 12.9. The van der Waals surface area contributed by atoms with Gasteiger partial charge in [0.25, 0.3) is 0 Å². The fourth-order valence-corrected chi connectivity index (χ4v) is 2.40. The summed E-state index contributed by atoms with van der Waals surface area (Å²) in [6.45, 7) is -3.21. The third-order valence-corrected chi connectivity index (χ3v) is 3.36. The van der Waals surface area contributed by atoms with Crippen molar-refractivity contribution in [3.8, 4) is 5.75 Å². The van der Waals surface area contributed by atoms with E-state index >= 15 is 0 Å². The molecule has 0 atom stereocenters. The molecule has 4 nitrogen and oxygen atoms in total. The van der Waals surface area contributed by atoms with E-state index in [1.54, 1.807) is 0 Å². The van der Waals surface area contributed by atoms with Gasteiger partial charge in [0.2, 0.25) is 0 Å². The van der Waals surface area contributed by atoms with Gasteiger partial charge in [-0.15, -0.1) is 0 Å². The van der Waals surface area contributed by atoms with E-state index in [1.165, 1.54) is 0 Å². The zero-order valence-electron chi connectivity index (χ0n) is 11.5. The van der Waals surface area contributed by atoms with Gasteiger partial charge in [-0.05, 0) is 30.3 Å². The Morgan fingerprint density at radius 1 is 1.17 bits per heavy atom. The lowest BCUT2D eigenvalue weighted by Gasteiger charge is -2.07. The van der Waals surface area contributed by atoms with E-state index in [2.05, 4.69) is 4.74 Å². The summed E-state index contributed by atoms with van der Waals surface area (Å²) in [4.78, 5) is 11.3. The molecule has 0 spiro atoms. The summed E-state index contributed by atoms with van der Waals surface area (Å²) in [5, 5.41) is 8.82. The summed E-state index contributed by atoms with van der Waals surface area (Å²) >= 11 is 0. The minimum atomic E-state index is -4.65. The number of alkyl halides is 5. The second kappa shape index (κ2) is 5.36. The van der Waals surface area contributed by atoms with Crippen molar-refractivity contribution >= 4 is 27.9 Å². The fourth-order valence-electron chi connectivity index (χ4n) is 2.40. The van der Waals surface area contributed by atoms with Gasteiger partial charge in [-0.3, -0.25) is 0 Å². The van der Waals surface area contributed by atoms with Gasteiger partial charge in [0, 0.05) is 10.8 Å². The number of fused-ring (bicyclic) bond motifs is 3. The maximum atomic E-state index is 12.9. The van der Waals surface area contributed by atoms with E-state index in [1.807, 2.05) is 0 Å². The van der Waals surface area contributed by atoms with E-state index in [4.69, 9.17) is 4.42 Å². The molecule has 2 aromatic carbocycles. The lowest BCUT2D eigenvalue weighted by Crippen LogP contribution is -2.04. The van der Waals surface area contributed by atoms with E-state index in [-0.39, 0.29) is 27.5 Å². The average Bonchev–Trinajstić information content (AvgIpc) is 2.85. The number of carbonyl (C=O) groups is 1. The third kappa shape index (κ3) is 2.61. The molecule has 1 N–H and O–H groups in total. The van der Waals surface area contributed by atoms with Crippen LogP contribution in [0.2, 0.25) is 0 Å². The van der Waals surface area contributed by atoms with E-state index in [0.29, 0.717) is 6.07 Å². The normalized spacial score (nSPS) is 12.2. The summed E-state index contributed by atoms with van der Waals surface area (Å²) in [6, 6.07) is 4.39. The highest BCUT2D eigenvalue weighted by Crippen LogP contribution is 2.40. The Morgan fingerprint density at radius 2 is 1.88 bits per heavy atom. The molecule has 0 saturated heterocycles. The molecular formula is C15H7F5O4. The Morgan fingerprint density at radius 3 is 2.46 bits per heavy atom. The first kappa shape index (κ1) is 16.0. The lowest BCUT2D eigenvalue weighted by atomic mass is 10.0. The number of rotatable bonds is 3. The van der Waals surface area contributed by atoms with Crippen LogP contribution in [-0.4, -0.2) is 17.7 Å². The van der Waals surface area contributed by atoms with Crippen LogP contribution in [-0.2, 0) is 6.18 Å². The SMILES string of the molecule is O=C(O)c1ccc(OC(F)F)c2oc3ccc(C(F)(F)F)cc3c12. The van der Waals surface area contributed by atoms with Crippen molar-refractivity contribution in [2.45, 2.75) is 12.8 Å². The second-order valence-corrected chi connectivity index (χ2v) is 4.81. The number of carboxylic acid groups (broad SMARTS) is 1. The predicted molar refractivity (Wildman–Crippen MR) is 72.3 cm³/mol. The molecule has 0 bridgehead atoms. The van der Waals surface area contributed by atoms with Crippen LogP contribution >= 0.6 is 0 Å². The molecule has 0 aliphatic heterocycles. The fraction of sp³-hybridized carbons (Fsp3) is 0.133. The highest BCUT2D eigenvalue weighted by molar-refractivity contribution is 6.16. The quantitative estimate of drug-likeness (QED) is 0.685. The third-order valence-electron chi connectivity index (χ3n) is 3.36. The van der Waals surface area contributed by atoms with Crippen LogP contribution in [0.3, 0.4) is 0 Å². The molecule has 0 saturated carbocycles. The summed E-state index contributed by atoms with van der Waals surface area (Å²) in [6.07, 6.45) is -4.65. The molecule has 0 radical (unpaired) electrons. The van der Waals surface area contributed by atoms with Crippen molar-refractivity contribution in [2.24, 2.45) is 0 Å². The predicted octanol–water partition coefficient (Wildman–Crippen LogP) is 4.90. The van der Waals surface area contributed by atoms with E-state index < -0.39 is 30.1 Å². The van der Waals surface area contributed by atoms with Crippen LogP contribution in [0.1, 0.15) is 15.9 Å². The van der Waals surface area contributed by atoms with Gasteiger partial charge in [0.05, 0.1) is 11.1 Å². The molecule has 0 amide bonds. The molecule has 1 heterocycles. The Bertz CT molecular complexity index is 942. The molecule has 9 heteroatoms. The lowest BCUT2D eigenvalue weighted by molar-refractivity contribution is -0.137. The van der Waals surface area contributed by atoms with Gasteiger partial charge in [-0.25, -0.2) is 4.79 Å². The highest BCUT2D eigenvalue weighted by atomic mass is 19.4. The standard InChI is InChI=1S/C15H7F5O4/c16-14(17)24-10-4-2-7(13(21)22)11-8-5-6(15(18,19)20)1-3-9(8)23-12(10)11/h1-5,14H,(H,21,22). The number of halogens is 5. The second-order valence-electron chi connectivity index (χ2n) is 4.81. The molecule has 126 valence electrons. The number of ether oxygens (including phenoxy) is 1. The molecule has 3 aromatic rings. The average molecular weight is 346 g/mol. The highest BCUT2D eigenvalue weighted by Gasteiger charge is 2.31. The zero-order valence-corrected chi connectivity index (χ0v) is 11.5. The van der Waals surface area contributed by atoms with Gasteiger partial charge in [-0.1, -0.05) is 0 Å². The monoisotopic (exact) mass is 346 g/mol. The van der Waals surface area contributed by atoms with Crippen molar-refractivity contribution in [1.29, 1.82) is 0 Å². The molecule has 3 rings (SSSR count). The Hall–Kier alpha value is -2.84. The molecule has 1 aromatic heterocycles. The largest absolute Gasteiger partial charge is 0.478 e. The number of hydrogen-bond acceptors (Lipinski definition) is 3. The number of hydrogen-bond donors (Lipinski definition) is 1. The molecule has 0 aliphatic rings. The minimum absolute atomic E-state index is 0.0779. The van der Waals surface area contributed by atoms with E-state index in [9.17, 15) is 31.9 Å². The molecule has 0 fully saturated rings. The zero-order chi connectivity index (χ0) is 17.6. The van der Waals surface area contributed by atoms with Crippen LogP contribution in [0.4, 0.5) is 22.0 Å². The Balaban J connectivity index is 2.39.